The third kappa shape index (κ3) is 1.64. The molecule has 76 valence electrons. The van der Waals surface area contributed by atoms with Gasteiger partial charge in [0.1, 0.15) is 12.2 Å². The molecule has 1 aliphatic carbocycles. The second-order valence-electron chi connectivity index (χ2n) is 4.03. The van der Waals surface area contributed by atoms with E-state index in [-0.39, 0.29) is 5.92 Å². The molecule has 0 aromatic heterocycles. The van der Waals surface area contributed by atoms with E-state index < -0.39 is 17.8 Å². The van der Waals surface area contributed by atoms with Gasteiger partial charge in [-0.1, -0.05) is 13.0 Å². The first kappa shape index (κ1) is 10.7. The van der Waals surface area contributed by atoms with Gasteiger partial charge in [-0.2, -0.15) is 0 Å². The minimum absolute atomic E-state index is 0.000787. The average molecular weight is 186 g/mol. The molecule has 2 N–H and O–H groups in total. The Morgan fingerprint density at radius 2 is 2.08 bits per heavy atom. The lowest BCUT2D eigenvalue weighted by molar-refractivity contribution is -0.146. The van der Waals surface area contributed by atoms with E-state index in [0.717, 1.165) is 5.57 Å². The molecular formula is C10H18O3. The fourth-order valence-electron chi connectivity index (χ4n) is 1.85. The molecule has 0 radical (unpaired) electrons. The monoisotopic (exact) mass is 186 g/mol. The predicted molar refractivity (Wildman–Crippen MR) is 50.3 cm³/mol. The molecule has 0 aliphatic heterocycles. The van der Waals surface area contributed by atoms with Crippen molar-refractivity contribution in [2.24, 2.45) is 5.92 Å². The van der Waals surface area contributed by atoms with Crippen LogP contribution in [0, 0.1) is 5.92 Å². The van der Waals surface area contributed by atoms with Crippen LogP contribution in [-0.2, 0) is 4.74 Å². The number of methoxy groups -OCH3 is 1. The van der Waals surface area contributed by atoms with Crippen molar-refractivity contribution < 1.29 is 14.9 Å². The van der Waals surface area contributed by atoms with E-state index in [9.17, 15) is 10.2 Å². The standard InChI is InChI=1S/C10H18O3/c1-6-5-7(2)10(3,12)9(13-4)8(6)11/h5,7-9,11-12H,1-4H3/t7-,8-,9?,10?/m1/s1. The second kappa shape index (κ2) is 3.40. The van der Waals surface area contributed by atoms with Gasteiger partial charge in [0, 0.05) is 13.0 Å². The van der Waals surface area contributed by atoms with E-state index in [2.05, 4.69) is 0 Å². The summed E-state index contributed by atoms with van der Waals surface area (Å²) in [6.45, 7) is 5.46. The number of aliphatic hydroxyl groups is 2. The zero-order valence-electron chi connectivity index (χ0n) is 8.61. The van der Waals surface area contributed by atoms with Crippen LogP contribution in [-0.4, -0.2) is 35.1 Å². The fourth-order valence-corrected chi connectivity index (χ4v) is 1.85. The molecule has 1 rings (SSSR count). The van der Waals surface area contributed by atoms with Crippen LogP contribution in [0.2, 0.25) is 0 Å². The summed E-state index contributed by atoms with van der Waals surface area (Å²) in [4.78, 5) is 0. The Morgan fingerprint density at radius 3 is 2.54 bits per heavy atom. The third-order valence-electron chi connectivity index (χ3n) is 3.02. The van der Waals surface area contributed by atoms with E-state index in [4.69, 9.17) is 4.74 Å². The first-order valence-corrected chi connectivity index (χ1v) is 4.52. The summed E-state index contributed by atoms with van der Waals surface area (Å²) in [5.41, 5.74) is -0.126. The molecule has 2 unspecified atom stereocenters. The molecule has 0 saturated carbocycles. The number of aliphatic hydroxyl groups excluding tert-OH is 1. The van der Waals surface area contributed by atoms with Gasteiger partial charge < -0.3 is 14.9 Å². The zero-order valence-corrected chi connectivity index (χ0v) is 8.61. The van der Waals surface area contributed by atoms with Gasteiger partial charge >= 0.3 is 0 Å². The van der Waals surface area contributed by atoms with Gasteiger partial charge in [-0.15, -0.1) is 0 Å². The van der Waals surface area contributed by atoms with E-state index in [1.165, 1.54) is 7.11 Å². The number of hydrogen-bond donors (Lipinski definition) is 2. The molecule has 0 amide bonds. The zero-order chi connectivity index (χ0) is 10.2. The van der Waals surface area contributed by atoms with Crippen LogP contribution in [0.3, 0.4) is 0 Å². The quantitative estimate of drug-likeness (QED) is 0.593. The van der Waals surface area contributed by atoms with Gasteiger partial charge in [0.25, 0.3) is 0 Å². The van der Waals surface area contributed by atoms with E-state index in [0.29, 0.717) is 0 Å². The van der Waals surface area contributed by atoms with Crippen molar-refractivity contribution in [3.8, 4) is 0 Å². The Morgan fingerprint density at radius 1 is 1.54 bits per heavy atom. The maximum absolute atomic E-state index is 10.1. The number of hydrogen-bond acceptors (Lipinski definition) is 3. The highest BCUT2D eigenvalue weighted by Crippen LogP contribution is 2.33. The molecule has 0 bridgehead atoms. The maximum atomic E-state index is 10.1. The van der Waals surface area contributed by atoms with Crippen LogP contribution >= 0.6 is 0 Å². The molecule has 0 saturated heterocycles. The van der Waals surface area contributed by atoms with Gasteiger partial charge in [0.15, 0.2) is 0 Å². The summed E-state index contributed by atoms with van der Waals surface area (Å²) in [5, 5.41) is 19.8. The molecule has 0 aromatic rings. The Bertz CT molecular complexity index is 220. The van der Waals surface area contributed by atoms with Gasteiger partial charge in [-0.3, -0.25) is 0 Å². The minimum atomic E-state index is -0.992. The molecule has 0 heterocycles. The summed E-state index contributed by atoms with van der Waals surface area (Å²) in [6, 6.07) is 0. The normalized spacial score (nSPS) is 46.0. The van der Waals surface area contributed by atoms with Crippen LogP contribution in [0.5, 0.6) is 0 Å². The molecule has 0 spiro atoms. The summed E-state index contributed by atoms with van der Waals surface area (Å²) in [5.74, 6) is 0.000787. The Labute approximate surface area is 79.0 Å². The smallest absolute Gasteiger partial charge is 0.116 e. The van der Waals surface area contributed by atoms with E-state index >= 15 is 0 Å². The Balaban J connectivity index is 3.01. The second-order valence-corrected chi connectivity index (χ2v) is 4.03. The Kier molecular flexibility index (Phi) is 2.80. The molecule has 0 aromatic carbocycles. The van der Waals surface area contributed by atoms with Crippen molar-refractivity contribution in [1.29, 1.82) is 0 Å². The number of rotatable bonds is 1. The molecule has 4 atom stereocenters. The molecular weight excluding hydrogens is 168 g/mol. The molecule has 1 aliphatic rings. The van der Waals surface area contributed by atoms with Gasteiger partial charge in [0.05, 0.1) is 5.60 Å². The molecule has 3 nitrogen and oxygen atoms in total. The predicted octanol–water partition coefficient (Wildman–Crippen LogP) is 0.709. The summed E-state index contributed by atoms with van der Waals surface area (Å²) in [6.07, 6.45) is 0.656. The van der Waals surface area contributed by atoms with Crippen LogP contribution in [0.25, 0.3) is 0 Å². The third-order valence-corrected chi connectivity index (χ3v) is 3.02. The topological polar surface area (TPSA) is 49.7 Å². The lowest BCUT2D eigenvalue weighted by Gasteiger charge is -2.42. The minimum Gasteiger partial charge on any atom is -0.387 e. The van der Waals surface area contributed by atoms with Crippen molar-refractivity contribution in [3.63, 3.8) is 0 Å². The maximum Gasteiger partial charge on any atom is 0.116 e. The van der Waals surface area contributed by atoms with Gasteiger partial charge in [-0.25, -0.2) is 0 Å². The summed E-state index contributed by atoms with van der Waals surface area (Å²) in [7, 11) is 1.51. The van der Waals surface area contributed by atoms with Crippen LogP contribution in [0.1, 0.15) is 20.8 Å². The largest absolute Gasteiger partial charge is 0.387 e. The highest BCUT2D eigenvalue weighted by atomic mass is 16.5. The molecule has 13 heavy (non-hydrogen) atoms. The van der Waals surface area contributed by atoms with Crippen molar-refractivity contribution in [2.45, 2.75) is 38.6 Å². The highest BCUT2D eigenvalue weighted by molar-refractivity contribution is 5.19. The first-order chi connectivity index (χ1) is 5.91. The van der Waals surface area contributed by atoms with Crippen molar-refractivity contribution in [1.82, 2.24) is 0 Å². The molecule has 3 heteroatoms. The molecule has 0 fully saturated rings. The highest BCUT2D eigenvalue weighted by Gasteiger charge is 2.44. The summed E-state index contributed by atoms with van der Waals surface area (Å²) >= 11 is 0. The Hall–Kier alpha value is -0.380. The van der Waals surface area contributed by atoms with Gasteiger partial charge in [0.2, 0.25) is 0 Å². The lowest BCUT2D eigenvalue weighted by Crippen LogP contribution is -2.54. The first-order valence-electron chi connectivity index (χ1n) is 4.52. The summed E-state index contributed by atoms with van der Waals surface area (Å²) < 4.78 is 5.12. The van der Waals surface area contributed by atoms with E-state index in [1.54, 1.807) is 6.92 Å². The van der Waals surface area contributed by atoms with Crippen LogP contribution in [0.15, 0.2) is 11.6 Å². The van der Waals surface area contributed by atoms with Crippen molar-refractivity contribution in [3.05, 3.63) is 11.6 Å². The lowest BCUT2D eigenvalue weighted by atomic mass is 9.75. The van der Waals surface area contributed by atoms with Crippen LogP contribution < -0.4 is 0 Å². The van der Waals surface area contributed by atoms with Crippen molar-refractivity contribution in [2.75, 3.05) is 7.11 Å². The average Bonchev–Trinajstić information content (AvgIpc) is 2.02. The van der Waals surface area contributed by atoms with E-state index in [1.807, 2.05) is 19.9 Å². The van der Waals surface area contributed by atoms with Crippen molar-refractivity contribution >= 4 is 0 Å². The van der Waals surface area contributed by atoms with Gasteiger partial charge in [-0.05, 0) is 19.4 Å². The SMILES string of the molecule is COC1[C@H](O)C(C)=C[C@@H](C)C1(C)O. The number of ether oxygens (including phenoxy) is 1. The van der Waals surface area contributed by atoms with Crippen LogP contribution in [0.4, 0.5) is 0 Å². The fraction of sp³-hybridized carbons (Fsp3) is 0.800.